The highest BCUT2D eigenvalue weighted by molar-refractivity contribution is 5.84. The first kappa shape index (κ1) is 10.1. The Labute approximate surface area is 89.1 Å². The summed E-state index contributed by atoms with van der Waals surface area (Å²) in [6.07, 6.45) is 1.99. The summed E-state index contributed by atoms with van der Waals surface area (Å²) in [5, 5.41) is 13.9. The number of aromatic amines is 1. The summed E-state index contributed by atoms with van der Waals surface area (Å²) in [6.45, 7) is 5.10. The Bertz CT molecular complexity index is 460. The summed E-state index contributed by atoms with van der Waals surface area (Å²) in [4.78, 5) is 3.15. The van der Waals surface area contributed by atoms with Gasteiger partial charge in [-0.25, -0.2) is 0 Å². The van der Waals surface area contributed by atoms with Crippen molar-refractivity contribution in [2.24, 2.45) is 0 Å². The minimum Gasteiger partial charge on any atom is -0.508 e. The fourth-order valence-electron chi connectivity index (χ4n) is 1.63. The molecule has 0 bridgehead atoms. The summed E-state index contributed by atoms with van der Waals surface area (Å²) in [5.41, 5.74) is 2.22. The van der Waals surface area contributed by atoms with E-state index in [2.05, 4.69) is 24.1 Å². The van der Waals surface area contributed by atoms with Crippen LogP contribution in [0, 0.1) is 0 Å². The highest BCUT2D eigenvalue weighted by atomic mass is 16.3. The van der Waals surface area contributed by atoms with Crippen LogP contribution in [0.1, 0.15) is 19.4 Å². The predicted molar refractivity (Wildman–Crippen MR) is 61.9 cm³/mol. The number of phenolic OH excluding ortho intramolecular Hbond substituents is 1. The van der Waals surface area contributed by atoms with E-state index in [9.17, 15) is 5.11 Å². The lowest BCUT2D eigenvalue weighted by atomic mass is 10.1. The fraction of sp³-hybridized carbons (Fsp3) is 0.333. The Morgan fingerprint density at radius 3 is 2.93 bits per heavy atom. The minimum atomic E-state index is 0.299. The highest BCUT2D eigenvalue weighted by Gasteiger charge is 2.04. The van der Waals surface area contributed by atoms with Crippen LogP contribution >= 0.6 is 0 Å². The summed E-state index contributed by atoms with van der Waals surface area (Å²) < 4.78 is 0. The SMILES string of the molecule is CC(C)NCc1c[nH]c2cc(O)ccc12. The molecule has 0 spiro atoms. The molecule has 1 heterocycles. The van der Waals surface area contributed by atoms with Crippen molar-refractivity contribution in [1.29, 1.82) is 0 Å². The van der Waals surface area contributed by atoms with E-state index in [1.165, 1.54) is 10.9 Å². The average molecular weight is 204 g/mol. The molecular formula is C12H16N2O. The van der Waals surface area contributed by atoms with Gasteiger partial charge in [0.15, 0.2) is 0 Å². The maximum atomic E-state index is 9.32. The molecule has 0 amide bonds. The lowest BCUT2D eigenvalue weighted by Gasteiger charge is -2.06. The fourth-order valence-corrected chi connectivity index (χ4v) is 1.63. The molecule has 2 aromatic rings. The Morgan fingerprint density at radius 2 is 2.20 bits per heavy atom. The van der Waals surface area contributed by atoms with Gasteiger partial charge in [-0.15, -0.1) is 0 Å². The quantitative estimate of drug-likeness (QED) is 0.718. The van der Waals surface area contributed by atoms with Gasteiger partial charge in [-0.3, -0.25) is 0 Å². The first-order valence-corrected chi connectivity index (χ1v) is 5.19. The van der Waals surface area contributed by atoms with Gasteiger partial charge >= 0.3 is 0 Å². The molecule has 0 unspecified atom stereocenters. The van der Waals surface area contributed by atoms with E-state index in [0.717, 1.165) is 12.1 Å². The molecule has 3 heteroatoms. The minimum absolute atomic E-state index is 0.299. The van der Waals surface area contributed by atoms with Gasteiger partial charge in [0.25, 0.3) is 0 Å². The molecule has 0 aliphatic carbocycles. The number of phenols is 1. The number of hydrogen-bond donors (Lipinski definition) is 3. The second-order valence-corrected chi connectivity index (χ2v) is 4.08. The number of benzene rings is 1. The molecular weight excluding hydrogens is 188 g/mol. The van der Waals surface area contributed by atoms with Crippen molar-refractivity contribution in [2.45, 2.75) is 26.4 Å². The number of H-pyrrole nitrogens is 1. The van der Waals surface area contributed by atoms with Crippen molar-refractivity contribution in [3.63, 3.8) is 0 Å². The normalized spacial score (nSPS) is 11.4. The van der Waals surface area contributed by atoms with E-state index < -0.39 is 0 Å². The summed E-state index contributed by atoms with van der Waals surface area (Å²) in [5.74, 6) is 0.299. The predicted octanol–water partition coefficient (Wildman–Crippen LogP) is 2.37. The van der Waals surface area contributed by atoms with E-state index in [0.29, 0.717) is 11.8 Å². The van der Waals surface area contributed by atoms with Gasteiger partial charge in [-0.1, -0.05) is 13.8 Å². The van der Waals surface area contributed by atoms with Crippen LogP contribution in [0.2, 0.25) is 0 Å². The van der Waals surface area contributed by atoms with E-state index in [-0.39, 0.29) is 0 Å². The standard InChI is InChI=1S/C12H16N2O/c1-8(2)13-6-9-7-14-12-5-10(15)3-4-11(9)12/h3-5,7-8,13-15H,6H2,1-2H3. The lowest BCUT2D eigenvalue weighted by Crippen LogP contribution is -2.21. The Hall–Kier alpha value is -1.48. The van der Waals surface area contributed by atoms with Gasteiger partial charge in [0.2, 0.25) is 0 Å². The molecule has 1 aromatic carbocycles. The Balaban J connectivity index is 2.29. The highest BCUT2D eigenvalue weighted by Crippen LogP contribution is 2.22. The number of hydrogen-bond acceptors (Lipinski definition) is 2. The van der Waals surface area contributed by atoms with Crippen LogP contribution in [0.5, 0.6) is 5.75 Å². The summed E-state index contributed by atoms with van der Waals surface area (Å²) in [7, 11) is 0. The summed E-state index contributed by atoms with van der Waals surface area (Å²) in [6, 6.07) is 5.88. The largest absolute Gasteiger partial charge is 0.508 e. The zero-order valence-corrected chi connectivity index (χ0v) is 9.04. The topological polar surface area (TPSA) is 48.0 Å². The number of rotatable bonds is 3. The average Bonchev–Trinajstić information content (AvgIpc) is 2.57. The third kappa shape index (κ3) is 2.13. The second kappa shape index (κ2) is 3.95. The molecule has 15 heavy (non-hydrogen) atoms. The molecule has 0 fully saturated rings. The number of aromatic nitrogens is 1. The van der Waals surface area contributed by atoms with Crippen molar-refractivity contribution in [3.05, 3.63) is 30.0 Å². The molecule has 2 rings (SSSR count). The molecule has 0 radical (unpaired) electrons. The van der Waals surface area contributed by atoms with Crippen LogP contribution < -0.4 is 5.32 Å². The van der Waals surface area contributed by atoms with Crippen LogP contribution in [-0.4, -0.2) is 16.1 Å². The first-order valence-electron chi connectivity index (χ1n) is 5.19. The van der Waals surface area contributed by atoms with Crippen LogP contribution in [0.4, 0.5) is 0 Å². The molecule has 3 N–H and O–H groups in total. The van der Waals surface area contributed by atoms with E-state index >= 15 is 0 Å². The Morgan fingerprint density at radius 1 is 1.40 bits per heavy atom. The molecule has 0 aliphatic heterocycles. The molecule has 0 saturated carbocycles. The van der Waals surface area contributed by atoms with Gasteiger partial charge in [-0.2, -0.15) is 0 Å². The molecule has 3 nitrogen and oxygen atoms in total. The summed E-state index contributed by atoms with van der Waals surface area (Å²) >= 11 is 0. The number of nitrogens with one attached hydrogen (secondary N) is 2. The monoisotopic (exact) mass is 204 g/mol. The molecule has 1 aromatic heterocycles. The third-order valence-electron chi connectivity index (χ3n) is 2.45. The van der Waals surface area contributed by atoms with Crippen molar-refractivity contribution < 1.29 is 5.11 Å². The number of aromatic hydroxyl groups is 1. The van der Waals surface area contributed by atoms with Crippen LogP contribution in [0.3, 0.4) is 0 Å². The smallest absolute Gasteiger partial charge is 0.117 e. The third-order valence-corrected chi connectivity index (χ3v) is 2.45. The second-order valence-electron chi connectivity index (χ2n) is 4.08. The molecule has 0 aliphatic rings. The van der Waals surface area contributed by atoms with Gasteiger partial charge < -0.3 is 15.4 Å². The van der Waals surface area contributed by atoms with Crippen LogP contribution in [-0.2, 0) is 6.54 Å². The van der Waals surface area contributed by atoms with Gasteiger partial charge in [0, 0.05) is 35.8 Å². The van der Waals surface area contributed by atoms with Crippen molar-refractivity contribution in [3.8, 4) is 5.75 Å². The first-order chi connectivity index (χ1) is 7.16. The number of fused-ring (bicyclic) bond motifs is 1. The maximum Gasteiger partial charge on any atom is 0.117 e. The lowest BCUT2D eigenvalue weighted by molar-refractivity contribution is 0.476. The van der Waals surface area contributed by atoms with E-state index in [1.54, 1.807) is 12.1 Å². The Kier molecular flexibility index (Phi) is 2.64. The van der Waals surface area contributed by atoms with Crippen molar-refractivity contribution >= 4 is 10.9 Å². The van der Waals surface area contributed by atoms with Gasteiger partial charge in [-0.05, 0) is 17.7 Å². The van der Waals surface area contributed by atoms with E-state index in [4.69, 9.17) is 0 Å². The molecule has 80 valence electrons. The molecule has 0 saturated heterocycles. The zero-order valence-electron chi connectivity index (χ0n) is 9.04. The molecule has 0 atom stereocenters. The van der Waals surface area contributed by atoms with Crippen molar-refractivity contribution in [2.75, 3.05) is 0 Å². The zero-order chi connectivity index (χ0) is 10.8. The van der Waals surface area contributed by atoms with E-state index in [1.807, 2.05) is 12.3 Å². The van der Waals surface area contributed by atoms with Crippen LogP contribution in [0.25, 0.3) is 10.9 Å². The van der Waals surface area contributed by atoms with Crippen molar-refractivity contribution in [1.82, 2.24) is 10.3 Å². The van der Waals surface area contributed by atoms with Gasteiger partial charge in [0.1, 0.15) is 5.75 Å². The van der Waals surface area contributed by atoms with Crippen LogP contribution in [0.15, 0.2) is 24.4 Å². The maximum absolute atomic E-state index is 9.32. The van der Waals surface area contributed by atoms with Gasteiger partial charge in [0.05, 0.1) is 0 Å².